The van der Waals surface area contributed by atoms with Crippen molar-refractivity contribution in [3.63, 3.8) is 0 Å². The van der Waals surface area contributed by atoms with Gasteiger partial charge >= 0.3 is 0 Å². The van der Waals surface area contributed by atoms with Crippen molar-refractivity contribution >= 4 is 12.4 Å². The van der Waals surface area contributed by atoms with Crippen LogP contribution in [0.25, 0.3) is 0 Å². The minimum absolute atomic E-state index is 0. The van der Waals surface area contributed by atoms with Crippen LogP contribution >= 0.6 is 12.4 Å². The molecule has 0 spiro atoms. The molecule has 2 heteroatoms. The van der Waals surface area contributed by atoms with Crippen LogP contribution in [0.5, 0.6) is 0 Å². The van der Waals surface area contributed by atoms with E-state index < -0.39 is 0 Å². The lowest BCUT2D eigenvalue weighted by Gasteiger charge is -2.28. The van der Waals surface area contributed by atoms with Crippen molar-refractivity contribution in [1.82, 2.24) is 0 Å². The Bertz CT molecular complexity index is 891. The van der Waals surface area contributed by atoms with Gasteiger partial charge in [-0.05, 0) is 92.2 Å². The summed E-state index contributed by atoms with van der Waals surface area (Å²) in [6.45, 7) is 14.2. The summed E-state index contributed by atoms with van der Waals surface area (Å²) in [5, 5.41) is 0. The van der Waals surface area contributed by atoms with E-state index in [1.54, 1.807) is 33.4 Å². The predicted molar refractivity (Wildman–Crippen MR) is 236 cm³/mol. The van der Waals surface area contributed by atoms with Crippen LogP contribution in [0.1, 0.15) is 279 Å². The number of unbranched alkanes of at least 4 members (excludes halogenated alkanes) is 28. The zero-order valence-electron chi connectivity index (χ0n) is 36.0. The monoisotopic (exact) mass is 732 g/mol. The molecular formula is C49H94ClN. The first-order valence-corrected chi connectivity index (χ1v) is 23.4. The minimum atomic E-state index is 0. The van der Waals surface area contributed by atoms with E-state index in [9.17, 15) is 0 Å². The molecule has 0 aliphatic carbocycles. The van der Waals surface area contributed by atoms with Crippen LogP contribution in [0.3, 0.4) is 0 Å². The molecule has 0 aliphatic rings. The van der Waals surface area contributed by atoms with Crippen molar-refractivity contribution in [2.75, 3.05) is 0 Å². The van der Waals surface area contributed by atoms with Crippen LogP contribution in [0.2, 0.25) is 0 Å². The first-order chi connectivity index (χ1) is 24.5. The Hall–Kier alpha value is -0.530. The first-order valence-electron chi connectivity index (χ1n) is 23.4. The molecule has 0 bridgehead atoms. The molecule has 0 radical (unpaired) electrons. The molecule has 0 amide bonds. The van der Waals surface area contributed by atoms with Crippen LogP contribution in [-0.4, -0.2) is 0 Å². The molecule has 0 heterocycles. The molecule has 0 saturated carbocycles. The highest BCUT2D eigenvalue weighted by atomic mass is 35.5. The van der Waals surface area contributed by atoms with E-state index in [2.05, 4.69) is 41.5 Å². The van der Waals surface area contributed by atoms with Gasteiger partial charge in [-0.15, -0.1) is 12.4 Å². The summed E-state index contributed by atoms with van der Waals surface area (Å²) in [7, 11) is 0. The van der Waals surface area contributed by atoms with E-state index in [1.807, 2.05) is 0 Å². The highest BCUT2D eigenvalue weighted by Gasteiger charge is 2.23. The maximum Gasteiger partial charge on any atom is 0.0300 e. The summed E-state index contributed by atoms with van der Waals surface area (Å²) in [6.07, 6.45) is 49.6. The highest BCUT2D eigenvalue weighted by molar-refractivity contribution is 5.85. The average molecular weight is 733 g/mol. The van der Waals surface area contributed by atoms with Crippen LogP contribution in [0.4, 0.5) is 0 Å². The Labute approximate surface area is 329 Å². The molecule has 2 N–H and O–H groups in total. The zero-order chi connectivity index (χ0) is 36.5. The maximum absolute atomic E-state index is 7.29. The highest BCUT2D eigenvalue weighted by Crippen LogP contribution is 2.36. The lowest BCUT2D eigenvalue weighted by Crippen LogP contribution is -2.19. The van der Waals surface area contributed by atoms with Crippen molar-refractivity contribution in [2.45, 2.75) is 279 Å². The Balaban J connectivity index is 0.0000250. The van der Waals surface area contributed by atoms with Gasteiger partial charge in [0, 0.05) is 6.04 Å². The van der Waals surface area contributed by atoms with E-state index >= 15 is 0 Å². The van der Waals surface area contributed by atoms with Crippen molar-refractivity contribution in [1.29, 1.82) is 0 Å². The Kier molecular flexibility index (Phi) is 36.1. The van der Waals surface area contributed by atoms with Gasteiger partial charge in [-0.2, -0.15) is 0 Å². The molecule has 1 unspecified atom stereocenters. The van der Waals surface area contributed by atoms with Gasteiger partial charge in [0.25, 0.3) is 0 Å². The fourth-order valence-electron chi connectivity index (χ4n) is 8.60. The molecule has 302 valence electrons. The van der Waals surface area contributed by atoms with E-state index in [0.717, 1.165) is 6.42 Å². The van der Waals surface area contributed by atoms with E-state index in [0.29, 0.717) is 0 Å². The van der Waals surface area contributed by atoms with Gasteiger partial charge in [0.1, 0.15) is 0 Å². The number of rotatable bonds is 37. The Morgan fingerprint density at radius 2 is 0.608 bits per heavy atom. The number of halogens is 1. The summed E-state index contributed by atoms with van der Waals surface area (Å²) >= 11 is 0. The number of benzene rings is 1. The Morgan fingerprint density at radius 1 is 0.333 bits per heavy atom. The molecule has 1 rings (SSSR count). The van der Waals surface area contributed by atoms with Gasteiger partial charge < -0.3 is 5.73 Å². The quantitative estimate of drug-likeness (QED) is 0.0678. The molecule has 1 nitrogen and oxygen atoms in total. The Morgan fingerprint density at radius 3 is 0.961 bits per heavy atom. The topological polar surface area (TPSA) is 26.0 Å². The second-order valence-corrected chi connectivity index (χ2v) is 16.6. The smallest absolute Gasteiger partial charge is 0.0300 e. The van der Waals surface area contributed by atoms with Crippen molar-refractivity contribution < 1.29 is 0 Å². The molecule has 0 aromatic heterocycles. The molecule has 1 aromatic rings. The standard InChI is InChI=1S/C49H93N.ClH/c1-7-11-15-19-23-27-31-35-39-45-43(5)44(6)49(48(50)42-38-34-30-26-22-18-14-10-4)47(41-37-33-29-25-21-17-13-9-3)46(45)40-36-32-28-24-20-16-12-8-2;/h48H,7-42,50H2,1-6H3;1H. The summed E-state index contributed by atoms with van der Waals surface area (Å²) < 4.78 is 0. The second kappa shape index (κ2) is 36.4. The fraction of sp³-hybridized carbons (Fsp3) is 0.878. The zero-order valence-corrected chi connectivity index (χ0v) is 36.8. The van der Waals surface area contributed by atoms with Crippen molar-refractivity contribution in [2.24, 2.45) is 5.73 Å². The molecule has 1 aromatic carbocycles. The number of nitrogens with two attached hydrogens (primary N) is 1. The molecule has 1 atom stereocenters. The molecule has 0 saturated heterocycles. The van der Waals surface area contributed by atoms with Gasteiger partial charge in [0.05, 0.1) is 0 Å². The third-order valence-electron chi connectivity index (χ3n) is 12.1. The van der Waals surface area contributed by atoms with Gasteiger partial charge in [-0.25, -0.2) is 0 Å². The largest absolute Gasteiger partial charge is 0.324 e. The van der Waals surface area contributed by atoms with E-state index in [1.165, 1.54) is 225 Å². The van der Waals surface area contributed by atoms with Gasteiger partial charge in [0.2, 0.25) is 0 Å². The molecule has 51 heavy (non-hydrogen) atoms. The van der Waals surface area contributed by atoms with Crippen LogP contribution in [-0.2, 0) is 19.3 Å². The lowest BCUT2D eigenvalue weighted by molar-refractivity contribution is 0.530. The SMILES string of the molecule is CCCCCCCCCCc1c(C)c(C)c(C(N)CCCCCCCCCC)c(CCCCCCCCCC)c1CCCCCCCCCC.Cl. The average Bonchev–Trinajstić information content (AvgIpc) is 3.11. The molecule has 0 aliphatic heterocycles. The van der Waals surface area contributed by atoms with E-state index in [-0.39, 0.29) is 18.4 Å². The molecule has 0 fully saturated rings. The van der Waals surface area contributed by atoms with Gasteiger partial charge in [-0.1, -0.05) is 214 Å². The van der Waals surface area contributed by atoms with Crippen LogP contribution in [0.15, 0.2) is 0 Å². The number of hydrogen-bond donors (Lipinski definition) is 1. The predicted octanol–water partition coefficient (Wildman–Crippen LogP) is 17.3. The summed E-state index contributed by atoms with van der Waals surface area (Å²) in [4.78, 5) is 0. The van der Waals surface area contributed by atoms with Crippen LogP contribution in [0, 0.1) is 13.8 Å². The first kappa shape index (κ1) is 50.5. The maximum atomic E-state index is 7.29. The van der Waals surface area contributed by atoms with Crippen LogP contribution < -0.4 is 5.73 Å². The second-order valence-electron chi connectivity index (χ2n) is 16.6. The third kappa shape index (κ3) is 24.5. The van der Waals surface area contributed by atoms with Gasteiger partial charge in [0.15, 0.2) is 0 Å². The van der Waals surface area contributed by atoms with Crippen molar-refractivity contribution in [3.05, 3.63) is 33.4 Å². The van der Waals surface area contributed by atoms with Gasteiger partial charge in [-0.3, -0.25) is 0 Å². The summed E-state index contributed by atoms with van der Waals surface area (Å²) in [5.41, 5.74) is 17.3. The minimum Gasteiger partial charge on any atom is -0.324 e. The van der Waals surface area contributed by atoms with E-state index in [4.69, 9.17) is 5.73 Å². The molecular weight excluding hydrogens is 638 g/mol. The number of hydrogen-bond acceptors (Lipinski definition) is 1. The summed E-state index contributed by atoms with van der Waals surface area (Å²) in [5.74, 6) is 0. The van der Waals surface area contributed by atoms with Crippen molar-refractivity contribution in [3.8, 4) is 0 Å². The summed E-state index contributed by atoms with van der Waals surface area (Å²) in [6, 6.07) is 0.201. The fourth-order valence-corrected chi connectivity index (χ4v) is 8.60. The third-order valence-corrected chi connectivity index (χ3v) is 12.1. The normalized spacial score (nSPS) is 12.1. The lowest BCUT2D eigenvalue weighted by atomic mass is 9.79.